The summed E-state index contributed by atoms with van der Waals surface area (Å²) in [5, 5.41) is 4.67. The van der Waals surface area contributed by atoms with Gasteiger partial charge < -0.3 is 15.8 Å². The van der Waals surface area contributed by atoms with Crippen LogP contribution in [0.25, 0.3) is 0 Å². The molecule has 1 amide bonds. The fraction of sp³-hybridized carbons (Fsp3) is 0.556. The number of amides is 1. The van der Waals surface area contributed by atoms with Crippen LogP contribution in [0.2, 0.25) is 0 Å². The number of carbonyl (C=O) groups excluding carboxylic acids is 1. The molecule has 1 saturated heterocycles. The van der Waals surface area contributed by atoms with E-state index in [1.54, 1.807) is 5.51 Å². The summed E-state index contributed by atoms with van der Waals surface area (Å²) in [6.45, 7) is 1.29. The Kier molecular flexibility index (Phi) is 2.99. The lowest BCUT2D eigenvalue weighted by molar-refractivity contribution is -0.126. The van der Waals surface area contributed by atoms with Gasteiger partial charge in [-0.05, 0) is 6.42 Å². The number of nitrogens with zero attached hydrogens (tertiary/aromatic N) is 1. The summed E-state index contributed by atoms with van der Waals surface area (Å²) in [5.41, 5.74) is 7.63. The van der Waals surface area contributed by atoms with Gasteiger partial charge in [-0.15, -0.1) is 11.3 Å². The Bertz CT molecular complexity index is 333. The van der Waals surface area contributed by atoms with Gasteiger partial charge in [-0.2, -0.15) is 0 Å². The second-order valence-electron chi connectivity index (χ2n) is 3.62. The van der Waals surface area contributed by atoms with Gasteiger partial charge in [0, 0.05) is 12.0 Å². The van der Waals surface area contributed by atoms with Crippen LogP contribution < -0.4 is 11.1 Å². The van der Waals surface area contributed by atoms with Crippen molar-refractivity contribution < 1.29 is 9.53 Å². The van der Waals surface area contributed by atoms with Crippen LogP contribution in [0.4, 0.5) is 0 Å². The molecule has 1 atom stereocenters. The monoisotopic (exact) mass is 227 g/mol. The average molecular weight is 227 g/mol. The molecular weight excluding hydrogens is 214 g/mol. The van der Waals surface area contributed by atoms with Gasteiger partial charge in [-0.1, -0.05) is 0 Å². The van der Waals surface area contributed by atoms with E-state index in [0.29, 0.717) is 26.2 Å². The maximum atomic E-state index is 11.7. The summed E-state index contributed by atoms with van der Waals surface area (Å²) < 4.78 is 5.12. The minimum absolute atomic E-state index is 0.159. The predicted molar refractivity (Wildman–Crippen MR) is 56.3 cm³/mol. The number of thiazole rings is 1. The highest BCUT2D eigenvalue weighted by Gasteiger charge is 2.37. The molecule has 0 bridgehead atoms. The molecule has 1 aromatic heterocycles. The second-order valence-corrected chi connectivity index (χ2v) is 4.34. The standard InChI is InChI=1S/C9H13N3O2S/c10-9(1-2-14-5-9)8(13)11-3-7-4-15-6-12-7/h4,6H,1-3,5,10H2,(H,11,13). The van der Waals surface area contributed by atoms with Crippen molar-refractivity contribution in [2.24, 2.45) is 5.73 Å². The molecule has 3 N–H and O–H groups in total. The zero-order chi connectivity index (χ0) is 10.7. The SMILES string of the molecule is NC1(C(=O)NCc2cscn2)CCOC1. The summed E-state index contributed by atoms with van der Waals surface area (Å²) in [5.74, 6) is -0.159. The lowest BCUT2D eigenvalue weighted by Crippen LogP contribution is -2.54. The molecule has 1 aliphatic heterocycles. The smallest absolute Gasteiger partial charge is 0.242 e. The van der Waals surface area contributed by atoms with Crippen LogP contribution in [-0.4, -0.2) is 29.6 Å². The Balaban J connectivity index is 1.87. The van der Waals surface area contributed by atoms with Crippen LogP contribution in [0.3, 0.4) is 0 Å². The van der Waals surface area contributed by atoms with Gasteiger partial charge in [0.1, 0.15) is 5.54 Å². The Labute approximate surface area is 91.6 Å². The van der Waals surface area contributed by atoms with Gasteiger partial charge in [0.05, 0.1) is 24.4 Å². The first-order valence-electron chi connectivity index (χ1n) is 4.73. The molecule has 15 heavy (non-hydrogen) atoms. The third-order valence-corrected chi connectivity index (χ3v) is 3.05. The molecule has 2 rings (SSSR count). The summed E-state index contributed by atoms with van der Waals surface area (Å²) in [6, 6.07) is 0. The van der Waals surface area contributed by atoms with Crippen molar-refractivity contribution in [2.75, 3.05) is 13.2 Å². The number of carbonyl (C=O) groups is 1. The van der Waals surface area contributed by atoms with Crippen molar-refractivity contribution in [2.45, 2.75) is 18.5 Å². The van der Waals surface area contributed by atoms with E-state index in [9.17, 15) is 4.79 Å². The van der Waals surface area contributed by atoms with Gasteiger partial charge >= 0.3 is 0 Å². The summed E-state index contributed by atoms with van der Waals surface area (Å²) >= 11 is 1.50. The highest BCUT2D eigenvalue weighted by atomic mass is 32.1. The molecule has 6 heteroatoms. The molecule has 82 valence electrons. The van der Waals surface area contributed by atoms with Crippen LogP contribution in [-0.2, 0) is 16.1 Å². The number of aromatic nitrogens is 1. The molecule has 1 aliphatic rings. The van der Waals surface area contributed by atoms with Gasteiger partial charge in [0.25, 0.3) is 0 Å². The van der Waals surface area contributed by atoms with Crippen LogP contribution in [0.15, 0.2) is 10.9 Å². The maximum Gasteiger partial charge on any atom is 0.242 e. The number of hydrogen-bond acceptors (Lipinski definition) is 5. The molecule has 1 unspecified atom stereocenters. The van der Waals surface area contributed by atoms with E-state index in [0.717, 1.165) is 5.69 Å². The molecule has 2 heterocycles. The number of ether oxygens (including phenoxy) is 1. The topological polar surface area (TPSA) is 77.2 Å². The minimum atomic E-state index is -0.851. The van der Waals surface area contributed by atoms with Crippen molar-refractivity contribution >= 4 is 17.2 Å². The maximum absolute atomic E-state index is 11.7. The van der Waals surface area contributed by atoms with Gasteiger partial charge in [0.2, 0.25) is 5.91 Å². The van der Waals surface area contributed by atoms with E-state index >= 15 is 0 Å². The highest BCUT2D eigenvalue weighted by Crippen LogP contribution is 2.15. The van der Waals surface area contributed by atoms with Crippen molar-refractivity contribution in [3.8, 4) is 0 Å². The van der Waals surface area contributed by atoms with Crippen molar-refractivity contribution in [3.05, 3.63) is 16.6 Å². The average Bonchev–Trinajstić information content (AvgIpc) is 2.85. The lowest BCUT2D eigenvalue weighted by atomic mass is 9.99. The van der Waals surface area contributed by atoms with Gasteiger partial charge in [-0.25, -0.2) is 4.98 Å². The number of nitrogens with two attached hydrogens (primary N) is 1. The molecular formula is C9H13N3O2S. The summed E-state index contributed by atoms with van der Waals surface area (Å²) in [4.78, 5) is 15.8. The van der Waals surface area contributed by atoms with E-state index in [-0.39, 0.29) is 5.91 Å². The van der Waals surface area contributed by atoms with Gasteiger partial charge in [0.15, 0.2) is 0 Å². The van der Waals surface area contributed by atoms with Crippen LogP contribution in [0.1, 0.15) is 12.1 Å². The van der Waals surface area contributed by atoms with Gasteiger partial charge in [-0.3, -0.25) is 4.79 Å². The Morgan fingerprint density at radius 2 is 2.67 bits per heavy atom. The fourth-order valence-corrected chi connectivity index (χ4v) is 1.99. The third kappa shape index (κ3) is 2.34. The highest BCUT2D eigenvalue weighted by molar-refractivity contribution is 7.07. The molecule has 5 nitrogen and oxygen atoms in total. The first-order valence-corrected chi connectivity index (χ1v) is 5.67. The largest absolute Gasteiger partial charge is 0.379 e. The van der Waals surface area contributed by atoms with Crippen molar-refractivity contribution in [3.63, 3.8) is 0 Å². The number of rotatable bonds is 3. The quantitative estimate of drug-likeness (QED) is 0.754. The summed E-state index contributed by atoms with van der Waals surface area (Å²) in [6.07, 6.45) is 0.579. The van der Waals surface area contributed by atoms with E-state index in [2.05, 4.69) is 10.3 Å². The molecule has 0 aromatic carbocycles. The van der Waals surface area contributed by atoms with Crippen LogP contribution in [0.5, 0.6) is 0 Å². The van der Waals surface area contributed by atoms with E-state index < -0.39 is 5.54 Å². The summed E-state index contributed by atoms with van der Waals surface area (Å²) in [7, 11) is 0. The Hall–Kier alpha value is -0.980. The molecule has 0 spiro atoms. The molecule has 1 aromatic rings. The van der Waals surface area contributed by atoms with E-state index in [1.165, 1.54) is 11.3 Å². The van der Waals surface area contributed by atoms with E-state index in [1.807, 2.05) is 5.38 Å². The lowest BCUT2D eigenvalue weighted by Gasteiger charge is -2.20. The molecule has 0 radical (unpaired) electrons. The molecule has 1 fully saturated rings. The Morgan fingerprint density at radius 3 is 3.27 bits per heavy atom. The minimum Gasteiger partial charge on any atom is -0.379 e. The van der Waals surface area contributed by atoms with Crippen molar-refractivity contribution in [1.82, 2.24) is 10.3 Å². The third-order valence-electron chi connectivity index (χ3n) is 2.42. The zero-order valence-electron chi connectivity index (χ0n) is 8.23. The molecule has 0 saturated carbocycles. The number of nitrogens with one attached hydrogen (secondary N) is 1. The zero-order valence-corrected chi connectivity index (χ0v) is 9.05. The number of hydrogen-bond donors (Lipinski definition) is 2. The fourth-order valence-electron chi connectivity index (χ4n) is 1.43. The van der Waals surface area contributed by atoms with Crippen LogP contribution in [0, 0.1) is 0 Å². The van der Waals surface area contributed by atoms with Crippen LogP contribution >= 0.6 is 11.3 Å². The Morgan fingerprint density at radius 1 is 1.80 bits per heavy atom. The first kappa shape index (κ1) is 10.5. The first-order chi connectivity index (χ1) is 7.21. The second kappa shape index (κ2) is 4.26. The van der Waals surface area contributed by atoms with Crippen molar-refractivity contribution in [1.29, 1.82) is 0 Å². The molecule has 0 aliphatic carbocycles. The normalized spacial score (nSPS) is 25.4. The van der Waals surface area contributed by atoms with E-state index in [4.69, 9.17) is 10.5 Å². The predicted octanol–water partition coefficient (Wildman–Crippen LogP) is -0.123.